The second-order valence-electron chi connectivity index (χ2n) is 8.90. The molecule has 3 N–H and O–H groups in total. The first-order valence-corrected chi connectivity index (χ1v) is 14.1. The van der Waals surface area contributed by atoms with Crippen molar-refractivity contribution >= 4 is 42.9 Å². The van der Waals surface area contributed by atoms with Crippen molar-refractivity contribution in [3.05, 3.63) is 29.8 Å². The molecule has 0 aliphatic carbocycles. The molecule has 2 fully saturated rings. The molecular weight excluding hydrogens is 430 g/mol. The van der Waals surface area contributed by atoms with Crippen LogP contribution in [0.25, 0.3) is 0 Å². The van der Waals surface area contributed by atoms with Crippen LogP contribution in [0.5, 0.6) is 0 Å². The fourth-order valence-corrected chi connectivity index (χ4v) is 4.67. The summed E-state index contributed by atoms with van der Waals surface area (Å²) in [5.74, 6) is -2.54. The van der Waals surface area contributed by atoms with Crippen molar-refractivity contribution < 1.29 is 24.0 Å². The third-order valence-electron chi connectivity index (χ3n) is 5.69. The van der Waals surface area contributed by atoms with Crippen molar-refractivity contribution in [2.75, 3.05) is 26.2 Å². The van der Waals surface area contributed by atoms with Gasteiger partial charge in [0.25, 0.3) is 0 Å². The van der Waals surface area contributed by atoms with Gasteiger partial charge in [-0.2, -0.15) is 0 Å². The number of rotatable bonds is 6. The zero-order valence-electron chi connectivity index (χ0n) is 18.7. The Morgan fingerprint density at radius 3 is 2.25 bits per heavy atom. The monoisotopic (exact) mass is 459 g/mol. The standard InChI is InChI=1S/C21H29N5O5Si/c1-5-25-10-11-26(20(30)19(25)29)21(31)24-16(18(28)23-15-12-22-17(15)27)13-6-8-14(9-7-13)32(2,3)4/h6-9,15-16H,5,10-12H2,1-4H3,(H,22,27)(H,23,28)(H,24,31). The van der Waals surface area contributed by atoms with Crippen LogP contribution >= 0.6 is 0 Å². The van der Waals surface area contributed by atoms with Gasteiger partial charge in [-0.05, 0) is 12.5 Å². The van der Waals surface area contributed by atoms with Gasteiger partial charge in [0.05, 0.1) is 8.07 Å². The Kier molecular flexibility index (Phi) is 6.67. The number of nitrogens with one attached hydrogen (secondary N) is 3. The van der Waals surface area contributed by atoms with E-state index in [0.717, 1.165) is 4.90 Å². The Bertz CT molecular complexity index is 943. The molecule has 0 saturated carbocycles. The maximum absolute atomic E-state index is 13.0. The third kappa shape index (κ3) is 4.82. The average molecular weight is 460 g/mol. The average Bonchev–Trinajstić information content (AvgIpc) is 2.75. The van der Waals surface area contributed by atoms with Crippen molar-refractivity contribution in [1.82, 2.24) is 25.8 Å². The molecule has 10 nitrogen and oxygen atoms in total. The SMILES string of the molecule is CCN1CCN(C(=O)NC(C(=O)NC2CNC2=O)c2ccc([Si](C)(C)C)cc2)C(=O)C1=O. The van der Waals surface area contributed by atoms with Crippen LogP contribution in [0.3, 0.4) is 0 Å². The van der Waals surface area contributed by atoms with Gasteiger partial charge in [-0.25, -0.2) is 4.79 Å². The molecule has 32 heavy (non-hydrogen) atoms. The summed E-state index contributed by atoms with van der Waals surface area (Å²) in [6.07, 6.45) is 0. The van der Waals surface area contributed by atoms with Gasteiger partial charge in [0.2, 0.25) is 11.8 Å². The number of carbonyl (C=O) groups is 5. The molecule has 0 radical (unpaired) electrons. The lowest BCUT2D eigenvalue weighted by atomic mass is 10.0. The van der Waals surface area contributed by atoms with Crippen LogP contribution < -0.4 is 21.1 Å². The van der Waals surface area contributed by atoms with Crippen LogP contribution in [-0.4, -0.2) is 79.8 Å². The van der Waals surface area contributed by atoms with E-state index in [9.17, 15) is 24.0 Å². The summed E-state index contributed by atoms with van der Waals surface area (Å²) in [7, 11) is -1.57. The predicted octanol–water partition coefficient (Wildman–Crippen LogP) is -0.712. The first-order chi connectivity index (χ1) is 15.0. The van der Waals surface area contributed by atoms with Gasteiger partial charge in [0, 0.05) is 26.2 Å². The fourth-order valence-electron chi connectivity index (χ4n) is 3.51. The van der Waals surface area contributed by atoms with Crippen molar-refractivity contribution in [2.45, 2.75) is 38.6 Å². The first kappa shape index (κ1) is 23.5. The molecule has 2 unspecified atom stereocenters. The van der Waals surface area contributed by atoms with E-state index in [1.807, 2.05) is 12.1 Å². The number of hydrogen-bond donors (Lipinski definition) is 3. The van der Waals surface area contributed by atoms with Gasteiger partial charge >= 0.3 is 17.8 Å². The number of β-lactam (4-membered cyclic amide) rings is 1. The summed E-state index contributed by atoms with van der Waals surface area (Å²) in [5, 5.41) is 8.92. The van der Waals surface area contributed by atoms with Crippen molar-refractivity contribution in [3.8, 4) is 0 Å². The molecule has 11 heteroatoms. The molecule has 2 atom stereocenters. The topological polar surface area (TPSA) is 128 Å². The molecule has 0 spiro atoms. The maximum atomic E-state index is 13.0. The van der Waals surface area contributed by atoms with Crippen LogP contribution in [0.2, 0.25) is 19.6 Å². The predicted molar refractivity (Wildman–Crippen MR) is 120 cm³/mol. The fraction of sp³-hybridized carbons (Fsp3) is 0.476. The van der Waals surface area contributed by atoms with Crippen molar-refractivity contribution in [3.63, 3.8) is 0 Å². The van der Waals surface area contributed by atoms with E-state index in [1.54, 1.807) is 19.1 Å². The Balaban J connectivity index is 1.81. The quantitative estimate of drug-likeness (QED) is 0.294. The summed E-state index contributed by atoms with van der Waals surface area (Å²) in [5.41, 5.74) is 0.517. The van der Waals surface area contributed by atoms with Gasteiger partial charge in [-0.3, -0.25) is 24.1 Å². The number of carbonyl (C=O) groups excluding carboxylic acids is 5. The lowest BCUT2D eigenvalue weighted by Gasteiger charge is -2.33. The van der Waals surface area contributed by atoms with E-state index in [4.69, 9.17) is 0 Å². The summed E-state index contributed by atoms with van der Waals surface area (Å²) in [6.45, 7) is 9.30. The lowest BCUT2D eigenvalue weighted by molar-refractivity contribution is -0.153. The zero-order chi connectivity index (χ0) is 23.6. The smallest absolute Gasteiger partial charge is 0.325 e. The minimum absolute atomic E-state index is 0.0399. The highest BCUT2D eigenvalue weighted by Gasteiger charge is 2.38. The molecule has 2 aliphatic rings. The van der Waals surface area contributed by atoms with Gasteiger partial charge in [0.15, 0.2) is 0 Å². The number of benzene rings is 1. The minimum Gasteiger partial charge on any atom is -0.352 e. The van der Waals surface area contributed by atoms with Crippen LogP contribution in [0, 0.1) is 0 Å². The number of amides is 6. The van der Waals surface area contributed by atoms with Gasteiger partial charge in [-0.15, -0.1) is 0 Å². The van der Waals surface area contributed by atoms with E-state index in [2.05, 4.69) is 35.6 Å². The van der Waals surface area contributed by atoms with Crippen LogP contribution in [0.1, 0.15) is 18.5 Å². The van der Waals surface area contributed by atoms with Gasteiger partial charge < -0.3 is 20.9 Å². The normalized spacial score (nSPS) is 19.8. The van der Waals surface area contributed by atoms with Crippen LogP contribution in [0.4, 0.5) is 4.79 Å². The molecule has 0 aromatic heterocycles. The van der Waals surface area contributed by atoms with Gasteiger partial charge in [0.1, 0.15) is 12.1 Å². The third-order valence-corrected chi connectivity index (χ3v) is 7.75. The van der Waals surface area contributed by atoms with Gasteiger partial charge in [-0.1, -0.05) is 49.1 Å². The summed E-state index contributed by atoms with van der Waals surface area (Å²) < 4.78 is 0. The summed E-state index contributed by atoms with van der Waals surface area (Å²) in [4.78, 5) is 64.1. The second kappa shape index (κ2) is 9.11. The van der Waals surface area contributed by atoms with Crippen LogP contribution in [0.15, 0.2) is 24.3 Å². The minimum atomic E-state index is -1.57. The highest BCUT2D eigenvalue weighted by Crippen LogP contribution is 2.16. The molecular formula is C21H29N5O5Si. The van der Waals surface area contributed by atoms with Crippen molar-refractivity contribution in [2.24, 2.45) is 0 Å². The number of likely N-dealkylation sites (N-methyl/N-ethyl adjacent to an activating group) is 1. The Morgan fingerprint density at radius 2 is 1.75 bits per heavy atom. The molecule has 3 rings (SSSR count). The maximum Gasteiger partial charge on any atom is 0.325 e. The van der Waals surface area contributed by atoms with E-state index in [1.165, 1.54) is 10.1 Å². The molecule has 1 aromatic rings. The van der Waals surface area contributed by atoms with E-state index in [-0.39, 0.29) is 19.0 Å². The first-order valence-electron chi connectivity index (χ1n) is 10.6. The number of nitrogens with zero attached hydrogens (tertiary/aromatic N) is 2. The summed E-state index contributed by atoms with van der Waals surface area (Å²) in [6, 6.07) is 4.77. The molecule has 2 heterocycles. The van der Waals surface area contributed by atoms with E-state index < -0.39 is 43.9 Å². The molecule has 0 bridgehead atoms. The molecule has 6 amide bonds. The number of piperazine rings is 1. The summed E-state index contributed by atoms with van der Waals surface area (Å²) >= 11 is 0. The van der Waals surface area contributed by atoms with E-state index >= 15 is 0 Å². The zero-order valence-corrected chi connectivity index (χ0v) is 19.7. The molecule has 1 aromatic carbocycles. The highest BCUT2D eigenvalue weighted by molar-refractivity contribution is 6.88. The number of imide groups is 1. The lowest BCUT2D eigenvalue weighted by Crippen LogP contribution is -2.63. The Hall–Kier alpha value is -3.21. The second-order valence-corrected chi connectivity index (χ2v) is 14.0. The number of hydrogen-bond acceptors (Lipinski definition) is 5. The molecule has 2 saturated heterocycles. The molecule has 2 aliphatic heterocycles. The molecule has 172 valence electrons. The number of urea groups is 1. The van der Waals surface area contributed by atoms with E-state index in [0.29, 0.717) is 18.7 Å². The Labute approximate surface area is 187 Å². The van der Waals surface area contributed by atoms with Crippen LogP contribution in [-0.2, 0) is 19.2 Å². The largest absolute Gasteiger partial charge is 0.352 e. The highest BCUT2D eigenvalue weighted by atomic mass is 28.3. The Morgan fingerprint density at radius 1 is 1.09 bits per heavy atom. The van der Waals surface area contributed by atoms with Crippen molar-refractivity contribution in [1.29, 1.82) is 0 Å².